The highest BCUT2D eigenvalue weighted by atomic mass is 32.2. The highest BCUT2D eigenvalue weighted by Gasteiger charge is 2.29. The first-order chi connectivity index (χ1) is 17.2. The molecule has 0 saturated carbocycles. The number of nitrogens with one attached hydrogen (secondary N) is 2. The minimum absolute atomic E-state index is 0.135. The number of aromatic amines is 1. The molecule has 0 aliphatic carbocycles. The van der Waals surface area contributed by atoms with E-state index in [1.54, 1.807) is 6.07 Å². The van der Waals surface area contributed by atoms with Crippen LogP contribution in [0.1, 0.15) is 36.4 Å². The summed E-state index contributed by atoms with van der Waals surface area (Å²) in [7, 11) is 0. The molecule has 6 nitrogen and oxygen atoms in total. The third-order valence-electron chi connectivity index (χ3n) is 6.84. The van der Waals surface area contributed by atoms with Gasteiger partial charge in [-0.2, -0.15) is 5.26 Å². The number of hydrogen-bond acceptors (Lipinski definition) is 4. The molecule has 4 aromatic rings. The number of aromatic nitrogens is 2. The summed E-state index contributed by atoms with van der Waals surface area (Å²) in [5.41, 5.74) is 3.05. The summed E-state index contributed by atoms with van der Waals surface area (Å²) in [6, 6.07) is 24.4. The van der Waals surface area contributed by atoms with Crippen LogP contribution >= 0.6 is 11.9 Å². The van der Waals surface area contributed by atoms with Crippen molar-refractivity contribution in [2.45, 2.75) is 42.7 Å². The van der Waals surface area contributed by atoms with E-state index in [1.165, 1.54) is 17.5 Å². The number of piperidine rings is 1. The first kappa shape index (κ1) is 23.3. The lowest BCUT2D eigenvalue weighted by Crippen LogP contribution is -2.47. The summed E-state index contributed by atoms with van der Waals surface area (Å²) >= 11 is 1.51. The van der Waals surface area contributed by atoms with Gasteiger partial charge in [-0.3, -0.25) is 4.79 Å². The molecule has 5 rings (SSSR count). The molecule has 1 unspecified atom stereocenters. The van der Waals surface area contributed by atoms with E-state index >= 15 is 0 Å². The zero-order chi connectivity index (χ0) is 24.0. The van der Waals surface area contributed by atoms with Crippen molar-refractivity contribution in [3.05, 3.63) is 90.4 Å². The maximum Gasteiger partial charge on any atom is 0.240 e. The molecule has 1 amide bonds. The second kappa shape index (κ2) is 10.9. The summed E-state index contributed by atoms with van der Waals surface area (Å²) < 4.78 is 5.39. The predicted molar refractivity (Wildman–Crippen MR) is 140 cm³/mol. The van der Waals surface area contributed by atoms with E-state index in [0.717, 1.165) is 41.7 Å². The Hall–Kier alpha value is -3.47. The van der Waals surface area contributed by atoms with E-state index in [1.807, 2.05) is 46.1 Å². The van der Waals surface area contributed by atoms with Gasteiger partial charge >= 0.3 is 0 Å². The third kappa shape index (κ3) is 5.29. The topological polar surface area (TPSA) is 76.8 Å². The van der Waals surface area contributed by atoms with Crippen LogP contribution in [-0.2, 0) is 11.3 Å². The van der Waals surface area contributed by atoms with E-state index < -0.39 is 0 Å². The molecule has 0 spiro atoms. The van der Waals surface area contributed by atoms with E-state index in [9.17, 15) is 10.1 Å². The zero-order valence-corrected chi connectivity index (χ0v) is 20.4. The molecule has 0 bridgehead atoms. The number of nitriles is 1. The maximum absolute atomic E-state index is 13.7. The third-order valence-corrected chi connectivity index (χ3v) is 7.82. The molecule has 1 saturated heterocycles. The fourth-order valence-electron chi connectivity index (χ4n) is 4.87. The molecule has 2 aromatic carbocycles. The van der Waals surface area contributed by atoms with Gasteiger partial charge in [0.15, 0.2) is 0 Å². The largest absolute Gasteiger partial charge is 0.361 e. The van der Waals surface area contributed by atoms with Gasteiger partial charge in [0.1, 0.15) is 11.8 Å². The number of carbonyl (C=O) groups excluding carboxylic acids is 1. The Kier molecular flexibility index (Phi) is 7.22. The molecular weight excluding hydrogens is 454 g/mol. The van der Waals surface area contributed by atoms with Gasteiger partial charge in [0.05, 0.1) is 6.04 Å². The molecule has 35 heavy (non-hydrogen) atoms. The Morgan fingerprint density at radius 2 is 1.91 bits per heavy atom. The number of hydrogen-bond donors (Lipinski definition) is 2. The van der Waals surface area contributed by atoms with Crippen molar-refractivity contribution in [1.82, 2.24) is 19.2 Å². The normalized spacial score (nSPS) is 15.2. The van der Waals surface area contributed by atoms with Gasteiger partial charge in [0.2, 0.25) is 5.91 Å². The Bertz CT molecular complexity index is 1310. The van der Waals surface area contributed by atoms with Crippen LogP contribution in [0, 0.1) is 11.3 Å². The number of aryl methyl sites for hydroxylation is 1. The standard InChI is InChI=1S/C28H29N5OS/c29-20-23-8-5-16-32(23)19-14-26(31-35-27-10-4-9-25-24(27)11-15-30-25)28(34)33-17-12-22(13-18-33)21-6-2-1-3-7-21/h1-11,15-16,22,26,30-31H,12-14,17-19H2. The van der Waals surface area contributed by atoms with Crippen LogP contribution in [-0.4, -0.2) is 39.5 Å². The predicted octanol–water partition coefficient (Wildman–Crippen LogP) is 5.30. The fourth-order valence-corrected chi connectivity index (χ4v) is 5.79. The molecule has 1 aliphatic heterocycles. The Labute approximate surface area is 210 Å². The second-order valence-corrected chi connectivity index (χ2v) is 9.84. The van der Waals surface area contributed by atoms with Gasteiger partial charge in [0, 0.05) is 47.8 Å². The number of carbonyl (C=O) groups is 1. The fraction of sp³-hybridized carbons (Fsp3) is 0.286. The van der Waals surface area contributed by atoms with Crippen molar-refractivity contribution < 1.29 is 4.79 Å². The van der Waals surface area contributed by atoms with E-state index in [4.69, 9.17) is 0 Å². The Morgan fingerprint density at radius 3 is 2.71 bits per heavy atom. The van der Waals surface area contributed by atoms with Crippen LogP contribution in [0.25, 0.3) is 10.9 Å². The quantitative estimate of drug-likeness (QED) is 0.333. The van der Waals surface area contributed by atoms with Gasteiger partial charge < -0.3 is 14.5 Å². The first-order valence-corrected chi connectivity index (χ1v) is 12.9. The van der Waals surface area contributed by atoms with Crippen molar-refractivity contribution in [2.75, 3.05) is 13.1 Å². The highest BCUT2D eigenvalue weighted by molar-refractivity contribution is 7.97. The van der Waals surface area contributed by atoms with E-state index in [0.29, 0.717) is 24.6 Å². The summed E-state index contributed by atoms with van der Waals surface area (Å²) in [5, 5.41) is 10.5. The van der Waals surface area contributed by atoms with Gasteiger partial charge in [-0.25, -0.2) is 4.72 Å². The summed E-state index contributed by atoms with van der Waals surface area (Å²) in [6.07, 6.45) is 6.41. The van der Waals surface area contributed by atoms with Crippen LogP contribution < -0.4 is 4.72 Å². The van der Waals surface area contributed by atoms with Gasteiger partial charge in [-0.1, -0.05) is 36.4 Å². The lowest BCUT2D eigenvalue weighted by atomic mass is 9.89. The number of H-pyrrole nitrogens is 1. The Morgan fingerprint density at radius 1 is 1.09 bits per heavy atom. The molecule has 178 valence electrons. The molecule has 1 atom stereocenters. The lowest BCUT2D eigenvalue weighted by molar-refractivity contribution is -0.134. The molecule has 2 aromatic heterocycles. The molecule has 3 heterocycles. The van der Waals surface area contributed by atoms with Crippen LogP contribution in [0.3, 0.4) is 0 Å². The van der Waals surface area contributed by atoms with Crippen LogP contribution in [0.15, 0.2) is 84.0 Å². The molecule has 1 fully saturated rings. The van der Waals surface area contributed by atoms with Crippen LogP contribution in [0.2, 0.25) is 0 Å². The van der Waals surface area contributed by atoms with Crippen LogP contribution in [0.4, 0.5) is 0 Å². The maximum atomic E-state index is 13.7. The van der Waals surface area contributed by atoms with E-state index in [-0.39, 0.29) is 11.9 Å². The first-order valence-electron chi connectivity index (χ1n) is 12.1. The molecular formula is C28H29N5OS. The minimum atomic E-state index is -0.351. The summed E-state index contributed by atoms with van der Waals surface area (Å²) in [4.78, 5) is 20.0. The van der Waals surface area contributed by atoms with Crippen molar-refractivity contribution in [2.24, 2.45) is 0 Å². The van der Waals surface area contributed by atoms with Gasteiger partial charge in [-0.15, -0.1) is 0 Å². The lowest BCUT2D eigenvalue weighted by Gasteiger charge is -2.34. The van der Waals surface area contributed by atoms with Crippen molar-refractivity contribution in [3.63, 3.8) is 0 Å². The summed E-state index contributed by atoms with van der Waals surface area (Å²) in [5.74, 6) is 0.640. The average Bonchev–Trinajstić information content (AvgIpc) is 3.58. The smallest absolute Gasteiger partial charge is 0.240 e. The average molecular weight is 484 g/mol. The molecule has 1 aliphatic rings. The molecule has 0 radical (unpaired) electrons. The Balaban J connectivity index is 1.28. The van der Waals surface area contributed by atoms with E-state index in [2.05, 4.69) is 52.2 Å². The van der Waals surface area contributed by atoms with Crippen molar-refractivity contribution in [1.29, 1.82) is 5.26 Å². The number of amides is 1. The highest BCUT2D eigenvalue weighted by Crippen LogP contribution is 2.29. The second-order valence-electron chi connectivity index (χ2n) is 8.97. The number of nitrogens with zero attached hydrogens (tertiary/aromatic N) is 3. The summed E-state index contributed by atoms with van der Waals surface area (Å²) in [6.45, 7) is 2.14. The number of benzene rings is 2. The van der Waals surface area contributed by atoms with Crippen LogP contribution in [0.5, 0.6) is 0 Å². The number of rotatable bonds is 8. The zero-order valence-electron chi connectivity index (χ0n) is 19.6. The van der Waals surface area contributed by atoms with Gasteiger partial charge in [-0.05, 0) is 73.0 Å². The van der Waals surface area contributed by atoms with Crippen molar-refractivity contribution in [3.8, 4) is 6.07 Å². The monoisotopic (exact) mass is 483 g/mol. The molecule has 7 heteroatoms. The SMILES string of the molecule is N#Cc1cccn1CCC(NSc1cccc2[nH]ccc12)C(=O)N1CCC(c2ccccc2)CC1. The minimum Gasteiger partial charge on any atom is -0.361 e. The van der Waals surface area contributed by atoms with Gasteiger partial charge in [0.25, 0.3) is 0 Å². The van der Waals surface area contributed by atoms with Crippen molar-refractivity contribution >= 4 is 28.8 Å². The number of fused-ring (bicyclic) bond motifs is 1. The number of likely N-dealkylation sites (tertiary alicyclic amines) is 1. The molecule has 2 N–H and O–H groups in total.